The topological polar surface area (TPSA) is 12.0 Å². The normalized spacial score (nSPS) is 23.5. The van der Waals surface area contributed by atoms with Crippen molar-refractivity contribution in [1.29, 1.82) is 0 Å². The van der Waals surface area contributed by atoms with E-state index in [4.69, 9.17) is 23.2 Å². The molecule has 106 valence electrons. The molecule has 1 aromatic rings. The zero-order chi connectivity index (χ0) is 13.7. The fourth-order valence-corrected chi connectivity index (χ4v) is 3.99. The SMILES string of the molecule is CC1CCCCC1NCCSc1cc(Cl)ccc1Cl. The van der Waals surface area contributed by atoms with Crippen molar-refractivity contribution in [2.24, 2.45) is 5.92 Å². The first-order valence-corrected chi connectivity index (χ1v) is 8.72. The maximum Gasteiger partial charge on any atom is 0.0542 e. The summed E-state index contributed by atoms with van der Waals surface area (Å²) >= 11 is 13.9. The highest BCUT2D eigenvalue weighted by Gasteiger charge is 2.20. The molecule has 1 saturated carbocycles. The molecule has 1 aromatic carbocycles. The van der Waals surface area contributed by atoms with E-state index in [1.807, 2.05) is 18.2 Å². The maximum atomic E-state index is 6.15. The fraction of sp³-hybridized carbons (Fsp3) is 0.600. The minimum Gasteiger partial charge on any atom is -0.313 e. The van der Waals surface area contributed by atoms with Gasteiger partial charge >= 0.3 is 0 Å². The lowest BCUT2D eigenvalue weighted by molar-refractivity contribution is 0.285. The van der Waals surface area contributed by atoms with Gasteiger partial charge in [-0.15, -0.1) is 11.8 Å². The van der Waals surface area contributed by atoms with Crippen LogP contribution in [0.5, 0.6) is 0 Å². The molecule has 1 aliphatic carbocycles. The Morgan fingerprint density at radius 3 is 2.84 bits per heavy atom. The van der Waals surface area contributed by atoms with Crippen LogP contribution in [-0.4, -0.2) is 18.3 Å². The third-order valence-electron chi connectivity index (χ3n) is 3.77. The van der Waals surface area contributed by atoms with Gasteiger partial charge in [0.05, 0.1) is 5.02 Å². The largest absolute Gasteiger partial charge is 0.313 e. The fourth-order valence-electron chi connectivity index (χ4n) is 2.61. The first-order valence-electron chi connectivity index (χ1n) is 6.98. The molecule has 0 aromatic heterocycles. The summed E-state index contributed by atoms with van der Waals surface area (Å²) in [5, 5.41) is 5.22. The van der Waals surface area contributed by atoms with Crippen LogP contribution in [0.2, 0.25) is 10.0 Å². The van der Waals surface area contributed by atoms with Crippen molar-refractivity contribution in [2.75, 3.05) is 12.3 Å². The molecule has 19 heavy (non-hydrogen) atoms. The van der Waals surface area contributed by atoms with Crippen LogP contribution in [0.3, 0.4) is 0 Å². The molecule has 0 spiro atoms. The highest BCUT2D eigenvalue weighted by atomic mass is 35.5. The average molecular weight is 318 g/mol. The smallest absolute Gasteiger partial charge is 0.0542 e. The van der Waals surface area contributed by atoms with Crippen LogP contribution in [0.1, 0.15) is 32.6 Å². The Morgan fingerprint density at radius 2 is 2.05 bits per heavy atom. The Kier molecular flexibility index (Phi) is 6.34. The monoisotopic (exact) mass is 317 g/mol. The second-order valence-electron chi connectivity index (χ2n) is 5.25. The Hall–Kier alpha value is 0.110. The molecule has 4 heteroatoms. The summed E-state index contributed by atoms with van der Waals surface area (Å²) in [5.41, 5.74) is 0. The summed E-state index contributed by atoms with van der Waals surface area (Å²) in [5.74, 6) is 1.84. The van der Waals surface area contributed by atoms with Gasteiger partial charge in [-0.25, -0.2) is 0 Å². The van der Waals surface area contributed by atoms with Crippen molar-refractivity contribution in [3.8, 4) is 0 Å². The van der Waals surface area contributed by atoms with Crippen LogP contribution in [0.15, 0.2) is 23.1 Å². The molecule has 0 heterocycles. The van der Waals surface area contributed by atoms with Gasteiger partial charge < -0.3 is 5.32 Å². The van der Waals surface area contributed by atoms with Crippen LogP contribution < -0.4 is 5.32 Å². The van der Waals surface area contributed by atoms with Crippen molar-refractivity contribution < 1.29 is 0 Å². The van der Waals surface area contributed by atoms with Gasteiger partial charge in [-0.05, 0) is 37.0 Å². The van der Waals surface area contributed by atoms with Crippen molar-refractivity contribution in [3.63, 3.8) is 0 Å². The number of hydrogen-bond donors (Lipinski definition) is 1. The summed E-state index contributed by atoms with van der Waals surface area (Å²) in [4.78, 5) is 1.08. The Labute approximate surface area is 130 Å². The molecule has 0 bridgehead atoms. The molecule has 1 N–H and O–H groups in total. The quantitative estimate of drug-likeness (QED) is 0.587. The van der Waals surface area contributed by atoms with E-state index in [9.17, 15) is 0 Å². The molecule has 2 rings (SSSR count). The molecule has 0 amide bonds. The second kappa shape index (κ2) is 7.78. The number of hydrogen-bond acceptors (Lipinski definition) is 2. The molecule has 0 aliphatic heterocycles. The molecular formula is C15H21Cl2NS. The van der Waals surface area contributed by atoms with Gasteiger partial charge in [0, 0.05) is 28.3 Å². The maximum absolute atomic E-state index is 6.15. The van der Waals surface area contributed by atoms with Crippen molar-refractivity contribution >= 4 is 35.0 Å². The molecule has 0 saturated heterocycles. The third kappa shape index (κ3) is 4.86. The first kappa shape index (κ1) is 15.5. The number of rotatable bonds is 5. The number of thioether (sulfide) groups is 1. The molecule has 2 atom stereocenters. The van der Waals surface area contributed by atoms with Crippen LogP contribution in [0.4, 0.5) is 0 Å². The van der Waals surface area contributed by atoms with Crippen molar-refractivity contribution in [2.45, 2.75) is 43.5 Å². The van der Waals surface area contributed by atoms with Crippen LogP contribution in [0, 0.1) is 5.92 Å². The molecule has 1 fully saturated rings. The average Bonchev–Trinajstić information content (AvgIpc) is 2.40. The third-order valence-corrected chi connectivity index (χ3v) is 5.50. The van der Waals surface area contributed by atoms with E-state index < -0.39 is 0 Å². The number of nitrogens with one attached hydrogen (secondary N) is 1. The van der Waals surface area contributed by atoms with E-state index in [-0.39, 0.29) is 0 Å². The van der Waals surface area contributed by atoms with Gasteiger partial charge in [-0.1, -0.05) is 43.0 Å². The van der Waals surface area contributed by atoms with Crippen molar-refractivity contribution in [1.82, 2.24) is 5.32 Å². The van der Waals surface area contributed by atoms with Crippen LogP contribution in [-0.2, 0) is 0 Å². The summed E-state index contributed by atoms with van der Waals surface area (Å²) in [6, 6.07) is 6.33. The van der Waals surface area contributed by atoms with Crippen LogP contribution >= 0.6 is 35.0 Å². The zero-order valence-corrected chi connectivity index (χ0v) is 13.6. The minimum atomic E-state index is 0.698. The summed E-state index contributed by atoms with van der Waals surface area (Å²) < 4.78 is 0. The highest BCUT2D eigenvalue weighted by Crippen LogP contribution is 2.29. The van der Waals surface area contributed by atoms with Crippen LogP contribution in [0.25, 0.3) is 0 Å². The predicted octanol–water partition coefficient (Wildman–Crippen LogP) is 5.25. The van der Waals surface area contributed by atoms with E-state index in [2.05, 4.69) is 12.2 Å². The summed E-state index contributed by atoms with van der Waals surface area (Å²) in [6.45, 7) is 3.39. The van der Waals surface area contributed by atoms with E-state index in [1.165, 1.54) is 25.7 Å². The van der Waals surface area contributed by atoms with Gasteiger partial charge in [0.1, 0.15) is 0 Å². The number of halogens is 2. The van der Waals surface area contributed by atoms with Gasteiger partial charge in [-0.3, -0.25) is 0 Å². The lowest BCUT2D eigenvalue weighted by Crippen LogP contribution is -2.38. The summed E-state index contributed by atoms with van der Waals surface area (Å²) in [7, 11) is 0. The molecule has 1 aliphatic rings. The van der Waals surface area contributed by atoms with Gasteiger partial charge in [0.2, 0.25) is 0 Å². The Morgan fingerprint density at radius 1 is 1.26 bits per heavy atom. The molecular weight excluding hydrogens is 297 g/mol. The Balaban J connectivity index is 1.73. The predicted molar refractivity (Wildman–Crippen MR) is 86.6 cm³/mol. The van der Waals surface area contributed by atoms with E-state index >= 15 is 0 Å². The van der Waals surface area contributed by atoms with Gasteiger partial charge in [0.25, 0.3) is 0 Å². The van der Waals surface area contributed by atoms with E-state index in [0.29, 0.717) is 6.04 Å². The Bertz CT molecular complexity index is 411. The van der Waals surface area contributed by atoms with Gasteiger partial charge in [0.15, 0.2) is 0 Å². The second-order valence-corrected chi connectivity index (χ2v) is 7.23. The lowest BCUT2D eigenvalue weighted by Gasteiger charge is -2.29. The standard InChI is InChI=1S/C15H21Cl2NS/c1-11-4-2-3-5-14(11)18-8-9-19-15-10-12(16)6-7-13(15)17/h6-7,10-11,14,18H,2-5,8-9H2,1H3. The molecule has 0 radical (unpaired) electrons. The van der Waals surface area contributed by atoms with E-state index in [0.717, 1.165) is 33.2 Å². The van der Waals surface area contributed by atoms with Crippen molar-refractivity contribution in [3.05, 3.63) is 28.2 Å². The van der Waals surface area contributed by atoms with Gasteiger partial charge in [-0.2, -0.15) is 0 Å². The molecule has 2 unspecified atom stereocenters. The minimum absolute atomic E-state index is 0.698. The highest BCUT2D eigenvalue weighted by molar-refractivity contribution is 7.99. The number of benzene rings is 1. The van der Waals surface area contributed by atoms with E-state index in [1.54, 1.807) is 11.8 Å². The molecule has 1 nitrogen and oxygen atoms in total. The summed E-state index contributed by atoms with van der Waals surface area (Å²) in [6.07, 6.45) is 5.45. The lowest BCUT2D eigenvalue weighted by atomic mass is 9.86. The zero-order valence-electron chi connectivity index (χ0n) is 11.3. The first-order chi connectivity index (χ1) is 9.16.